The van der Waals surface area contributed by atoms with Gasteiger partial charge in [0.25, 0.3) is 0 Å². The lowest BCUT2D eigenvalue weighted by molar-refractivity contribution is -0.125. The molecule has 3 atom stereocenters. The average molecular weight is 438 g/mol. The third-order valence-electron chi connectivity index (χ3n) is 6.69. The molecule has 2 saturated heterocycles. The van der Waals surface area contributed by atoms with E-state index in [1.165, 1.54) is 0 Å². The molecule has 1 aromatic heterocycles. The zero-order valence-electron chi connectivity index (χ0n) is 18.5. The summed E-state index contributed by atoms with van der Waals surface area (Å²) in [6.45, 7) is 6.72. The first-order valence-electron chi connectivity index (χ1n) is 11.1. The van der Waals surface area contributed by atoms with E-state index in [2.05, 4.69) is 49.4 Å². The van der Waals surface area contributed by atoms with Crippen LogP contribution in [0.1, 0.15) is 31.7 Å². The van der Waals surface area contributed by atoms with Crippen molar-refractivity contribution in [3.63, 3.8) is 0 Å². The molecule has 164 valence electrons. The molecule has 7 heteroatoms. The topological polar surface area (TPSA) is 72.3 Å². The molecule has 6 nitrogen and oxygen atoms in total. The largest absolute Gasteiger partial charge is 0.369 e. The van der Waals surface area contributed by atoms with Crippen LogP contribution in [0.2, 0.25) is 0 Å². The number of fused-ring (bicyclic) bond motifs is 1. The van der Waals surface area contributed by atoms with Gasteiger partial charge in [-0.2, -0.15) is 5.26 Å². The SMILES string of the molecule is CN1CCC(CNC(=O)C2CN(c3ccc(C#N)c4ncccc34)CC(C)(P)C2)CC1. The predicted molar refractivity (Wildman–Crippen MR) is 128 cm³/mol. The summed E-state index contributed by atoms with van der Waals surface area (Å²) in [6.07, 6.45) is 4.88. The van der Waals surface area contributed by atoms with Crippen LogP contribution in [0, 0.1) is 23.2 Å². The first-order valence-corrected chi connectivity index (χ1v) is 11.7. The molecule has 4 rings (SSSR count). The average Bonchev–Trinajstić information content (AvgIpc) is 2.76. The molecule has 1 amide bonds. The second kappa shape index (κ2) is 9.10. The van der Waals surface area contributed by atoms with Gasteiger partial charge in [-0.25, -0.2) is 0 Å². The van der Waals surface area contributed by atoms with Crippen molar-refractivity contribution >= 4 is 31.7 Å². The number of nitrogens with one attached hydrogen (secondary N) is 1. The number of carbonyl (C=O) groups excluding carboxylic acids is 1. The van der Waals surface area contributed by atoms with E-state index >= 15 is 0 Å². The van der Waals surface area contributed by atoms with E-state index in [0.29, 0.717) is 18.0 Å². The van der Waals surface area contributed by atoms with Gasteiger partial charge in [0.05, 0.1) is 17.0 Å². The smallest absolute Gasteiger partial charge is 0.224 e. The van der Waals surface area contributed by atoms with Gasteiger partial charge in [-0.3, -0.25) is 9.78 Å². The number of benzene rings is 1. The zero-order chi connectivity index (χ0) is 22.0. The molecule has 2 aliphatic rings. The quantitative estimate of drug-likeness (QED) is 0.745. The summed E-state index contributed by atoms with van der Waals surface area (Å²) >= 11 is 0. The Morgan fingerprint density at radius 3 is 2.87 bits per heavy atom. The number of carbonyl (C=O) groups is 1. The standard InChI is InChI=1S/C24H32N5OP/c1-24(31)12-19(23(30)27-14-17-7-10-28(2)11-8-17)15-29(16-24)21-6-5-18(13-25)22-20(21)4-3-9-26-22/h3-6,9,17,19H,7-8,10-12,14-16,31H2,1-2H3,(H,27,30). The van der Waals surface area contributed by atoms with Crippen molar-refractivity contribution in [3.05, 3.63) is 36.0 Å². The molecule has 0 spiro atoms. The number of piperidine rings is 2. The maximum Gasteiger partial charge on any atom is 0.224 e. The van der Waals surface area contributed by atoms with Crippen molar-refractivity contribution in [2.24, 2.45) is 11.8 Å². The molecule has 1 N–H and O–H groups in total. The van der Waals surface area contributed by atoms with E-state index in [9.17, 15) is 10.1 Å². The number of pyridine rings is 1. The van der Waals surface area contributed by atoms with E-state index in [1.807, 2.05) is 24.3 Å². The molecular formula is C24H32N5OP. The highest BCUT2D eigenvalue weighted by molar-refractivity contribution is 7.19. The molecule has 0 aliphatic carbocycles. The van der Waals surface area contributed by atoms with Crippen LogP contribution in [0.5, 0.6) is 0 Å². The van der Waals surface area contributed by atoms with Gasteiger partial charge in [0, 0.05) is 42.1 Å². The summed E-state index contributed by atoms with van der Waals surface area (Å²) in [6, 6.07) is 10.0. The second-order valence-electron chi connectivity index (χ2n) is 9.57. The Balaban J connectivity index is 1.51. The zero-order valence-corrected chi connectivity index (χ0v) is 19.6. The molecule has 2 aliphatic heterocycles. The Kier molecular flexibility index (Phi) is 6.46. The van der Waals surface area contributed by atoms with Crippen molar-refractivity contribution in [1.82, 2.24) is 15.2 Å². The molecule has 3 unspecified atom stereocenters. The maximum atomic E-state index is 13.1. The van der Waals surface area contributed by atoms with Gasteiger partial charge in [0.15, 0.2) is 0 Å². The van der Waals surface area contributed by atoms with Gasteiger partial charge >= 0.3 is 0 Å². The van der Waals surface area contributed by atoms with E-state index in [0.717, 1.165) is 62.0 Å². The van der Waals surface area contributed by atoms with E-state index < -0.39 is 0 Å². The molecule has 3 heterocycles. The van der Waals surface area contributed by atoms with Gasteiger partial charge in [-0.05, 0) is 69.6 Å². The van der Waals surface area contributed by atoms with Crippen molar-refractivity contribution in [2.45, 2.75) is 31.3 Å². The Morgan fingerprint density at radius 1 is 1.35 bits per heavy atom. The number of nitrogens with zero attached hydrogens (tertiary/aromatic N) is 4. The van der Waals surface area contributed by atoms with Crippen LogP contribution < -0.4 is 10.2 Å². The predicted octanol–water partition coefficient (Wildman–Crippen LogP) is 3.02. The fourth-order valence-corrected chi connectivity index (χ4v) is 5.50. The number of aromatic nitrogens is 1. The van der Waals surface area contributed by atoms with Crippen LogP contribution >= 0.6 is 9.24 Å². The lowest BCUT2D eigenvalue weighted by Gasteiger charge is -2.43. The first-order chi connectivity index (χ1) is 14.9. The molecule has 2 aromatic rings. The van der Waals surface area contributed by atoms with Gasteiger partial charge in [-0.1, -0.05) is 6.92 Å². The van der Waals surface area contributed by atoms with Gasteiger partial charge in [0.2, 0.25) is 5.91 Å². The van der Waals surface area contributed by atoms with E-state index in [1.54, 1.807) is 6.20 Å². The summed E-state index contributed by atoms with van der Waals surface area (Å²) in [5, 5.41) is 13.6. The highest BCUT2D eigenvalue weighted by Gasteiger charge is 2.37. The number of amides is 1. The molecule has 2 fully saturated rings. The monoisotopic (exact) mass is 437 g/mol. The number of anilines is 1. The summed E-state index contributed by atoms with van der Waals surface area (Å²) in [4.78, 5) is 22.2. The Morgan fingerprint density at radius 2 is 2.13 bits per heavy atom. The van der Waals surface area contributed by atoms with Crippen LogP contribution in [-0.4, -0.2) is 60.7 Å². The first kappa shape index (κ1) is 22.0. The Labute approximate surface area is 187 Å². The maximum absolute atomic E-state index is 13.1. The minimum absolute atomic E-state index is 0.0593. The number of rotatable bonds is 4. The lowest BCUT2D eigenvalue weighted by Crippen LogP contribution is -2.52. The fraction of sp³-hybridized carbons (Fsp3) is 0.542. The molecule has 0 bridgehead atoms. The van der Waals surface area contributed by atoms with Crippen LogP contribution in [0.15, 0.2) is 30.5 Å². The van der Waals surface area contributed by atoms with Gasteiger partial charge in [0.1, 0.15) is 6.07 Å². The van der Waals surface area contributed by atoms with Crippen molar-refractivity contribution < 1.29 is 4.79 Å². The summed E-state index contributed by atoms with van der Waals surface area (Å²) < 4.78 is 0. The fourth-order valence-electron chi connectivity index (χ4n) is 5.00. The Hall–Kier alpha value is -2.22. The van der Waals surface area contributed by atoms with Crippen LogP contribution in [0.4, 0.5) is 5.69 Å². The highest BCUT2D eigenvalue weighted by atomic mass is 31.0. The summed E-state index contributed by atoms with van der Waals surface area (Å²) in [7, 11) is 5.12. The Bertz CT molecular complexity index is 993. The number of likely N-dealkylation sites (tertiary alicyclic amines) is 1. The van der Waals surface area contributed by atoms with E-state index in [4.69, 9.17) is 0 Å². The van der Waals surface area contributed by atoms with E-state index in [-0.39, 0.29) is 17.0 Å². The lowest BCUT2D eigenvalue weighted by atomic mass is 9.87. The molecule has 31 heavy (non-hydrogen) atoms. The normalized spacial score (nSPS) is 25.4. The minimum Gasteiger partial charge on any atom is -0.369 e. The van der Waals surface area contributed by atoms with Crippen LogP contribution in [0.25, 0.3) is 10.9 Å². The van der Waals surface area contributed by atoms with Gasteiger partial charge in [-0.15, -0.1) is 9.24 Å². The van der Waals surface area contributed by atoms with Crippen molar-refractivity contribution in [1.29, 1.82) is 5.26 Å². The minimum atomic E-state index is -0.0649. The number of hydrogen-bond acceptors (Lipinski definition) is 5. The van der Waals surface area contributed by atoms with Crippen LogP contribution in [-0.2, 0) is 4.79 Å². The summed E-state index contributed by atoms with van der Waals surface area (Å²) in [5.41, 5.74) is 2.35. The molecule has 1 aromatic carbocycles. The van der Waals surface area contributed by atoms with Crippen molar-refractivity contribution in [3.8, 4) is 6.07 Å². The summed E-state index contributed by atoms with van der Waals surface area (Å²) in [5.74, 6) is 0.675. The third-order valence-corrected chi connectivity index (χ3v) is 7.11. The number of hydrogen-bond donors (Lipinski definition) is 1. The van der Waals surface area contributed by atoms with Crippen LogP contribution in [0.3, 0.4) is 0 Å². The molecular weight excluding hydrogens is 405 g/mol. The number of nitriles is 1. The molecule has 0 radical (unpaired) electrons. The van der Waals surface area contributed by atoms with Gasteiger partial charge < -0.3 is 15.1 Å². The molecule has 0 saturated carbocycles. The highest BCUT2D eigenvalue weighted by Crippen LogP contribution is 2.38. The second-order valence-corrected chi connectivity index (χ2v) is 11.0. The third kappa shape index (κ3) is 5.00. The van der Waals surface area contributed by atoms with Crippen molar-refractivity contribution in [2.75, 3.05) is 44.7 Å².